The predicted molar refractivity (Wildman–Crippen MR) is 103 cm³/mol. The van der Waals surface area contributed by atoms with Gasteiger partial charge in [-0.3, -0.25) is 0 Å². The number of halogens is 2. The van der Waals surface area contributed by atoms with Crippen LogP contribution in [0.25, 0.3) is 0 Å². The Labute approximate surface area is 157 Å². The fourth-order valence-electron chi connectivity index (χ4n) is 5.15. The molecular formula is C23H34F2O. The minimum atomic E-state index is -0.809. The molecule has 0 spiro atoms. The molecule has 0 atom stereocenters. The highest BCUT2D eigenvalue weighted by Crippen LogP contribution is 2.45. The van der Waals surface area contributed by atoms with E-state index in [4.69, 9.17) is 4.74 Å². The summed E-state index contributed by atoms with van der Waals surface area (Å²) in [6, 6.07) is 3.36. The van der Waals surface area contributed by atoms with Gasteiger partial charge in [-0.1, -0.05) is 39.2 Å². The topological polar surface area (TPSA) is 9.23 Å². The summed E-state index contributed by atoms with van der Waals surface area (Å²) in [7, 11) is 0. The average molecular weight is 365 g/mol. The highest BCUT2D eigenvalue weighted by Gasteiger charge is 2.32. The zero-order valence-corrected chi connectivity index (χ0v) is 16.4. The molecule has 3 rings (SSSR count). The van der Waals surface area contributed by atoms with Crippen LogP contribution in [0.1, 0.15) is 89.5 Å². The third-order valence-corrected chi connectivity index (χ3v) is 6.89. The summed E-state index contributed by atoms with van der Waals surface area (Å²) >= 11 is 0. The van der Waals surface area contributed by atoms with Crippen LogP contribution < -0.4 is 4.74 Å². The van der Waals surface area contributed by atoms with Crippen molar-refractivity contribution < 1.29 is 13.5 Å². The van der Waals surface area contributed by atoms with Crippen LogP contribution in [-0.4, -0.2) is 6.61 Å². The van der Waals surface area contributed by atoms with E-state index in [1.807, 2.05) is 6.92 Å². The van der Waals surface area contributed by atoms with Crippen molar-refractivity contribution in [2.75, 3.05) is 6.61 Å². The summed E-state index contributed by atoms with van der Waals surface area (Å²) < 4.78 is 34.1. The number of hydrogen-bond acceptors (Lipinski definition) is 1. The van der Waals surface area contributed by atoms with Crippen molar-refractivity contribution in [3.8, 4) is 5.75 Å². The molecule has 2 fully saturated rings. The van der Waals surface area contributed by atoms with Gasteiger partial charge in [0, 0.05) is 0 Å². The molecule has 26 heavy (non-hydrogen) atoms. The Kier molecular flexibility index (Phi) is 6.94. The summed E-state index contributed by atoms with van der Waals surface area (Å²) in [6.07, 6.45) is 12.0. The summed E-state index contributed by atoms with van der Waals surface area (Å²) in [6.45, 7) is 4.68. The van der Waals surface area contributed by atoms with E-state index in [2.05, 4.69) is 6.92 Å². The number of rotatable bonds is 6. The molecule has 146 valence electrons. The maximum Gasteiger partial charge on any atom is 0.200 e. The Bertz CT molecular complexity index is 570. The van der Waals surface area contributed by atoms with Crippen molar-refractivity contribution in [3.63, 3.8) is 0 Å². The van der Waals surface area contributed by atoms with Crippen molar-refractivity contribution in [1.29, 1.82) is 0 Å². The van der Waals surface area contributed by atoms with E-state index in [1.54, 1.807) is 12.1 Å². The maximum absolute atomic E-state index is 14.6. The van der Waals surface area contributed by atoms with Crippen molar-refractivity contribution >= 4 is 0 Å². The monoisotopic (exact) mass is 364 g/mol. The molecule has 0 aliphatic heterocycles. The van der Waals surface area contributed by atoms with Gasteiger partial charge in [0.2, 0.25) is 5.82 Å². The fourth-order valence-corrected chi connectivity index (χ4v) is 5.15. The molecule has 1 nitrogen and oxygen atoms in total. The Morgan fingerprint density at radius 1 is 0.846 bits per heavy atom. The zero-order valence-electron chi connectivity index (χ0n) is 16.4. The molecular weight excluding hydrogens is 330 g/mol. The predicted octanol–water partition coefficient (Wildman–Crippen LogP) is 7.24. The SMILES string of the molecule is CCCOc1ccc(C2CCC(C3CCC(CC)CC3)CC2)c(F)c1F. The largest absolute Gasteiger partial charge is 0.490 e. The maximum atomic E-state index is 14.6. The lowest BCUT2D eigenvalue weighted by Gasteiger charge is -2.38. The molecule has 1 aromatic rings. The lowest BCUT2D eigenvalue weighted by atomic mass is 9.68. The fraction of sp³-hybridized carbons (Fsp3) is 0.739. The first-order valence-electron chi connectivity index (χ1n) is 10.7. The molecule has 1 aromatic carbocycles. The second kappa shape index (κ2) is 9.19. The van der Waals surface area contributed by atoms with E-state index in [0.717, 1.165) is 37.0 Å². The molecule has 2 aliphatic carbocycles. The smallest absolute Gasteiger partial charge is 0.200 e. The molecule has 0 unspecified atom stereocenters. The first kappa shape index (κ1) is 19.6. The van der Waals surface area contributed by atoms with Crippen LogP contribution in [0.3, 0.4) is 0 Å². The lowest BCUT2D eigenvalue weighted by molar-refractivity contribution is 0.158. The van der Waals surface area contributed by atoms with Crippen LogP contribution in [0.4, 0.5) is 8.78 Å². The average Bonchev–Trinajstić information content (AvgIpc) is 2.69. The summed E-state index contributed by atoms with van der Waals surface area (Å²) in [4.78, 5) is 0. The quantitative estimate of drug-likeness (QED) is 0.517. The van der Waals surface area contributed by atoms with E-state index in [0.29, 0.717) is 12.2 Å². The second-order valence-corrected chi connectivity index (χ2v) is 8.43. The van der Waals surface area contributed by atoms with Crippen LogP contribution >= 0.6 is 0 Å². The lowest BCUT2D eigenvalue weighted by Crippen LogP contribution is -2.25. The molecule has 2 aliphatic rings. The minimum absolute atomic E-state index is 0.0504. The molecule has 3 heteroatoms. The van der Waals surface area contributed by atoms with Crippen LogP contribution in [-0.2, 0) is 0 Å². The molecule has 0 amide bonds. The van der Waals surface area contributed by atoms with E-state index in [9.17, 15) is 8.78 Å². The van der Waals surface area contributed by atoms with Gasteiger partial charge in [0.15, 0.2) is 11.6 Å². The van der Waals surface area contributed by atoms with Crippen molar-refractivity contribution in [1.82, 2.24) is 0 Å². The van der Waals surface area contributed by atoms with Gasteiger partial charge in [-0.2, -0.15) is 4.39 Å². The van der Waals surface area contributed by atoms with E-state index >= 15 is 0 Å². The Balaban J connectivity index is 1.57. The molecule has 0 heterocycles. The molecule has 0 N–H and O–H groups in total. The number of ether oxygens (including phenoxy) is 1. The van der Waals surface area contributed by atoms with Crippen molar-refractivity contribution in [2.24, 2.45) is 17.8 Å². The molecule has 0 bridgehead atoms. The molecule has 2 saturated carbocycles. The van der Waals surface area contributed by atoms with Crippen LogP contribution in [0.15, 0.2) is 12.1 Å². The third kappa shape index (κ3) is 4.40. The molecule has 0 radical (unpaired) electrons. The van der Waals surface area contributed by atoms with Gasteiger partial charge >= 0.3 is 0 Å². The van der Waals surface area contributed by atoms with Gasteiger partial charge in [-0.15, -0.1) is 0 Å². The van der Waals surface area contributed by atoms with Crippen LogP contribution in [0, 0.1) is 29.4 Å². The summed E-state index contributed by atoms with van der Waals surface area (Å²) in [5.41, 5.74) is 0.555. The Hall–Kier alpha value is -1.12. The normalized spacial score (nSPS) is 29.5. The van der Waals surface area contributed by atoms with Crippen LogP contribution in [0.5, 0.6) is 5.75 Å². The van der Waals surface area contributed by atoms with Crippen LogP contribution in [0.2, 0.25) is 0 Å². The van der Waals surface area contributed by atoms with Gasteiger partial charge in [0.1, 0.15) is 0 Å². The van der Waals surface area contributed by atoms with Gasteiger partial charge in [0.05, 0.1) is 6.61 Å². The second-order valence-electron chi connectivity index (χ2n) is 8.43. The van der Waals surface area contributed by atoms with Crippen molar-refractivity contribution in [3.05, 3.63) is 29.3 Å². The van der Waals surface area contributed by atoms with E-state index < -0.39 is 11.6 Å². The highest BCUT2D eigenvalue weighted by atomic mass is 19.2. The third-order valence-electron chi connectivity index (χ3n) is 6.89. The van der Waals surface area contributed by atoms with Gasteiger partial charge in [-0.05, 0) is 80.2 Å². The van der Waals surface area contributed by atoms with Crippen molar-refractivity contribution in [2.45, 2.75) is 84.0 Å². The highest BCUT2D eigenvalue weighted by molar-refractivity contribution is 5.33. The number of benzene rings is 1. The standard InChI is InChI=1S/C23H34F2O/c1-3-15-26-21-14-13-20(22(24)23(21)25)19-11-9-18(10-12-19)17-7-5-16(4-2)6-8-17/h13-14,16-19H,3-12,15H2,1-2H3. The van der Waals surface area contributed by atoms with Gasteiger partial charge < -0.3 is 4.74 Å². The first-order chi connectivity index (χ1) is 12.6. The Morgan fingerprint density at radius 2 is 1.46 bits per heavy atom. The zero-order chi connectivity index (χ0) is 18.5. The van der Waals surface area contributed by atoms with E-state index in [-0.39, 0.29) is 11.7 Å². The minimum Gasteiger partial charge on any atom is -0.490 e. The molecule has 0 aromatic heterocycles. The molecule has 0 saturated heterocycles. The number of hydrogen-bond donors (Lipinski definition) is 0. The van der Waals surface area contributed by atoms with Gasteiger partial charge in [-0.25, -0.2) is 4.39 Å². The summed E-state index contributed by atoms with van der Waals surface area (Å²) in [5, 5.41) is 0. The Morgan fingerprint density at radius 3 is 2.04 bits per heavy atom. The van der Waals surface area contributed by atoms with E-state index in [1.165, 1.54) is 44.9 Å². The van der Waals surface area contributed by atoms with Gasteiger partial charge in [0.25, 0.3) is 0 Å². The summed E-state index contributed by atoms with van der Waals surface area (Å²) in [5.74, 6) is 1.31. The first-order valence-corrected chi connectivity index (χ1v) is 10.7.